The van der Waals surface area contributed by atoms with Crippen molar-refractivity contribution in [3.63, 3.8) is 0 Å². The number of imidazole rings is 1. The van der Waals surface area contributed by atoms with Crippen LogP contribution in [0.25, 0.3) is 17.2 Å². The second-order valence-electron chi connectivity index (χ2n) is 8.93. The average molecular weight is 544 g/mol. The number of benzene rings is 1. The molecule has 38 heavy (non-hydrogen) atoms. The first-order chi connectivity index (χ1) is 18.1. The van der Waals surface area contributed by atoms with Crippen molar-refractivity contribution in [2.75, 3.05) is 17.2 Å². The van der Waals surface area contributed by atoms with Crippen LogP contribution in [0, 0.1) is 0 Å². The highest BCUT2D eigenvalue weighted by Crippen LogP contribution is 2.46. The summed E-state index contributed by atoms with van der Waals surface area (Å²) in [5.41, 5.74) is 0.581. The van der Waals surface area contributed by atoms with Gasteiger partial charge in [0.2, 0.25) is 5.91 Å². The Balaban J connectivity index is 1.65. The normalized spacial score (nSPS) is 16.9. The summed E-state index contributed by atoms with van der Waals surface area (Å²) < 4.78 is 40.4. The summed E-state index contributed by atoms with van der Waals surface area (Å²) in [4.78, 5) is 42.0. The SMILES string of the molecule is CC1(c2ccc(Cl)cc2)C(=O)Nc2nc(-c3cn4ccnc4c(CCC(F)(F)F)n3)nc(NCCC=O)c21. The van der Waals surface area contributed by atoms with Gasteiger partial charge in [0, 0.05) is 49.4 Å². The van der Waals surface area contributed by atoms with Gasteiger partial charge in [-0.15, -0.1) is 0 Å². The lowest BCUT2D eigenvalue weighted by Gasteiger charge is -2.25. The fraction of sp³-hybridized carbons (Fsp3) is 0.280. The lowest BCUT2D eigenvalue weighted by Crippen LogP contribution is -2.33. The molecule has 0 bridgehead atoms. The minimum Gasteiger partial charge on any atom is -0.369 e. The van der Waals surface area contributed by atoms with Crippen molar-refractivity contribution in [3.8, 4) is 11.5 Å². The number of hydrogen-bond donors (Lipinski definition) is 2. The molecule has 0 saturated carbocycles. The largest absolute Gasteiger partial charge is 0.389 e. The van der Waals surface area contributed by atoms with Crippen LogP contribution >= 0.6 is 11.6 Å². The number of alkyl halides is 3. The standard InChI is InChI=1S/C25H21ClF3N7O2/c1-24(14-3-5-15(26)6-4-14)18-20(30-9-2-12-37)33-19(34-21(18)35-23(24)38)17-13-36-11-10-31-22(36)16(32-17)7-8-25(27,28)29/h3-6,10-13H,2,7-9H2,1H3,(H2,30,33,34,35,38). The van der Waals surface area contributed by atoms with Crippen molar-refractivity contribution in [3.05, 3.63) is 64.7 Å². The van der Waals surface area contributed by atoms with Crippen molar-refractivity contribution in [2.24, 2.45) is 0 Å². The van der Waals surface area contributed by atoms with Gasteiger partial charge in [0.05, 0.1) is 11.3 Å². The van der Waals surface area contributed by atoms with E-state index in [4.69, 9.17) is 11.6 Å². The number of carbonyl (C=O) groups excluding carboxylic acids is 2. The van der Waals surface area contributed by atoms with Gasteiger partial charge in [0.1, 0.15) is 29.0 Å². The number of halogens is 4. The van der Waals surface area contributed by atoms with E-state index in [1.807, 2.05) is 0 Å². The molecule has 1 aliphatic heterocycles. The second kappa shape index (κ2) is 9.67. The zero-order chi connectivity index (χ0) is 27.1. The molecule has 1 aliphatic rings. The van der Waals surface area contributed by atoms with Crippen molar-refractivity contribution in [1.82, 2.24) is 24.3 Å². The first kappa shape index (κ1) is 25.6. The monoisotopic (exact) mass is 543 g/mol. The Morgan fingerprint density at radius 1 is 1.18 bits per heavy atom. The van der Waals surface area contributed by atoms with Gasteiger partial charge >= 0.3 is 6.18 Å². The van der Waals surface area contributed by atoms with E-state index in [0.29, 0.717) is 27.6 Å². The highest BCUT2D eigenvalue weighted by Gasteiger charge is 2.48. The van der Waals surface area contributed by atoms with Gasteiger partial charge in [-0.25, -0.2) is 19.9 Å². The Labute approximate surface area is 219 Å². The minimum absolute atomic E-state index is 0.0851. The molecule has 1 amide bonds. The van der Waals surface area contributed by atoms with Gasteiger partial charge < -0.3 is 19.8 Å². The Hall–Kier alpha value is -4.06. The molecule has 0 saturated heterocycles. The molecule has 2 N–H and O–H groups in total. The summed E-state index contributed by atoms with van der Waals surface area (Å²) >= 11 is 6.05. The molecule has 1 atom stereocenters. The van der Waals surface area contributed by atoms with Crippen molar-refractivity contribution in [1.29, 1.82) is 0 Å². The topological polar surface area (TPSA) is 114 Å². The Bertz CT molecular complexity index is 1540. The fourth-order valence-electron chi connectivity index (χ4n) is 4.45. The maximum Gasteiger partial charge on any atom is 0.389 e. The van der Waals surface area contributed by atoms with E-state index < -0.39 is 18.0 Å². The molecule has 9 nitrogen and oxygen atoms in total. The predicted molar refractivity (Wildman–Crippen MR) is 134 cm³/mol. The number of rotatable bonds is 8. The molecule has 1 unspecified atom stereocenters. The van der Waals surface area contributed by atoms with Crippen molar-refractivity contribution >= 4 is 41.1 Å². The fourth-order valence-corrected chi connectivity index (χ4v) is 4.58. The van der Waals surface area contributed by atoms with E-state index in [1.165, 1.54) is 6.20 Å². The minimum atomic E-state index is -4.36. The van der Waals surface area contributed by atoms with E-state index in [-0.39, 0.29) is 48.3 Å². The van der Waals surface area contributed by atoms with Gasteiger partial charge in [-0.3, -0.25) is 4.79 Å². The molecule has 196 valence electrons. The first-order valence-corrected chi connectivity index (χ1v) is 12.0. The predicted octanol–water partition coefficient (Wildman–Crippen LogP) is 4.59. The number of nitrogens with zero attached hydrogens (tertiary/aromatic N) is 5. The van der Waals surface area contributed by atoms with Crippen LogP contribution in [0.1, 0.15) is 36.6 Å². The number of anilines is 2. The lowest BCUT2D eigenvalue weighted by molar-refractivity contribution is -0.134. The smallest absolute Gasteiger partial charge is 0.369 e. The molecule has 0 aliphatic carbocycles. The molecule has 0 fully saturated rings. The third-order valence-corrected chi connectivity index (χ3v) is 6.64. The zero-order valence-electron chi connectivity index (χ0n) is 20.0. The van der Waals surface area contributed by atoms with Gasteiger partial charge in [-0.2, -0.15) is 13.2 Å². The summed E-state index contributed by atoms with van der Waals surface area (Å²) in [5, 5.41) is 6.42. The molecular weight excluding hydrogens is 523 g/mol. The van der Waals surface area contributed by atoms with Crippen LogP contribution in [-0.2, 0) is 21.4 Å². The summed E-state index contributed by atoms with van der Waals surface area (Å²) in [6, 6.07) is 6.83. The highest BCUT2D eigenvalue weighted by atomic mass is 35.5. The van der Waals surface area contributed by atoms with Gasteiger partial charge in [0.15, 0.2) is 11.5 Å². The van der Waals surface area contributed by atoms with Gasteiger partial charge in [-0.05, 0) is 24.6 Å². The van der Waals surface area contributed by atoms with Gasteiger partial charge in [-0.1, -0.05) is 23.7 Å². The number of aryl methyl sites for hydroxylation is 1. The molecule has 13 heteroatoms. The quantitative estimate of drug-likeness (QED) is 0.247. The Morgan fingerprint density at radius 2 is 1.95 bits per heavy atom. The van der Waals surface area contributed by atoms with E-state index in [2.05, 4.69) is 30.6 Å². The molecule has 0 spiro atoms. The van der Waals surface area contributed by atoms with E-state index in [9.17, 15) is 22.8 Å². The maximum absolute atomic E-state index is 13.3. The zero-order valence-corrected chi connectivity index (χ0v) is 20.8. The van der Waals surface area contributed by atoms with Crippen molar-refractivity contribution in [2.45, 2.75) is 37.8 Å². The third-order valence-electron chi connectivity index (χ3n) is 6.39. The van der Waals surface area contributed by atoms with Crippen molar-refractivity contribution < 1.29 is 22.8 Å². The van der Waals surface area contributed by atoms with Crippen LogP contribution in [0.15, 0.2) is 42.9 Å². The number of nitrogens with one attached hydrogen (secondary N) is 2. The van der Waals surface area contributed by atoms with Crippen LogP contribution in [0.3, 0.4) is 0 Å². The van der Waals surface area contributed by atoms with Crippen LogP contribution < -0.4 is 10.6 Å². The summed E-state index contributed by atoms with van der Waals surface area (Å²) in [6.07, 6.45) is -0.252. The number of fused-ring (bicyclic) bond motifs is 2. The average Bonchev–Trinajstić information content (AvgIpc) is 3.45. The molecule has 3 aromatic heterocycles. The number of aromatic nitrogens is 5. The van der Waals surface area contributed by atoms with E-state index >= 15 is 0 Å². The maximum atomic E-state index is 13.3. The molecular formula is C25H21ClF3N7O2. The first-order valence-electron chi connectivity index (χ1n) is 11.7. The Morgan fingerprint density at radius 3 is 2.66 bits per heavy atom. The summed E-state index contributed by atoms with van der Waals surface area (Å²) in [6.45, 7) is 1.97. The van der Waals surface area contributed by atoms with Crippen LogP contribution in [0.5, 0.6) is 0 Å². The highest BCUT2D eigenvalue weighted by molar-refractivity contribution is 6.30. The molecule has 4 aromatic rings. The van der Waals surface area contributed by atoms with Crippen LogP contribution in [0.4, 0.5) is 24.8 Å². The van der Waals surface area contributed by atoms with Crippen LogP contribution in [-0.4, -0.2) is 49.3 Å². The second-order valence-corrected chi connectivity index (χ2v) is 9.37. The number of amides is 1. The molecule has 5 rings (SSSR count). The third kappa shape index (κ3) is 4.67. The summed E-state index contributed by atoms with van der Waals surface area (Å²) in [5.74, 6) is 0.271. The lowest BCUT2D eigenvalue weighted by atomic mass is 9.77. The number of carbonyl (C=O) groups is 2. The van der Waals surface area contributed by atoms with Crippen LogP contribution in [0.2, 0.25) is 5.02 Å². The van der Waals surface area contributed by atoms with E-state index in [1.54, 1.807) is 48.0 Å². The Kier molecular flexibility index (Phi) is 6.51. The van der Waals surface area contributed by atoms with E-state index in [0.717, 1.165) is 6.29 Å². The number of hydrogen-bond acceptors (Lipinski definition) is 7. The molecule has 0 radical (unpaired) electrons. The molecule has 4 heterocycles. The number of aldehydes is 1. The summed E-state index contributed by atoms with van der Waals surface area (Å²) in [7, 11) is 0. The molecule has 1 aromatic carbocycles. The van der Waals surface area contributed by atoms with Gasteiger partial charge in [0.25, 0.3) is 0 Å².